The number of nitrogens with zero attached hydrogens (tertiary/aromatic N) is 1. The standard InChI is InChI=1S/C11H18N2O4/c1-7(10(15)12-3)17-11(16)9-5-4-6-13(9)8(2)14/h7,9H,4-6H2,1-3H3,(H,12,15)/t7-,9-/m0/s1. The van der Waals surface area contributed by atoms with E-state index in [9.17, 15) is 14.4 Å². The van der Waals surface area contributed by atoms with E-state index in [2.05, 4.69) is 5.32 Å². The molecule has 1 N–H and O–H groups in total. The van der Waals surface area contributed by atoms with Gasteiger partial charge in [0.15, 0.2) is 6.10 Å². The van der Waals surface area contributed by atoms with Gasteiger partial charge in [-0.1, -0.05) is 0 Å². The summed E-state index contributed by atoms with van der Waals surface area (Å²) in [6, 6.07) is -0.542. The number of rotatable bonds is 3. The quantitative estimate of drug-likeness (QED) is 0.688. The molecule has 0 spiro atoms. The summed E-state index contributed by atoms with van der Waals surface area (Å²) in [5, 5.41) is 2.40. The minimum Gasteiger partial charge on any atom is -0.451 e. The largest absolute Gasteiger partial charge is 0.451 e. The van der Waals surface area contributed by atoms with Crippen molar-refractivity contribution in [3.63, 3.8) is 0 Å². The zero-order valence-electron chi connectivity index (χ0n) is 10.4. The topological polar surface area (TPSA) is 75.7 Å². The average molecular weight is 242 g/mol. The Morgan fingerprint density at radius 1 is 1.41 bits per heavy atom. The van der Waals surface area contributed by atoms with E-state index in [4.69, 9.17) is 4.74 Å². The Hall–Kier alpha value is -1.59. The van der Waals surface area contributed by atoms with Gasteiger partial charge in [-0.05, 0) is 19.8 Å². The zero-order chi connectivity index (χ0) is 13.0. The number of ether oxygens (including phenoxy) is 1. The molecule has 0 unspecified atom stereocenters. The maximum atomic E-state index is 11.8. The third-order valence-electron chi connectivity index (χ3n) is 2.84. The van der Waals surface area contributed by atoms with Crippen molar-refractivity contribution in [3.05, 3.63) is 0 Å². The molecule has 6 heteroatoms. The van der Waals surface area contributed by atoms with E-state index < -0.39 is 18.1 Å². The van der Waals surface area contributed by atoms with Crippen LogP contribution in [0.5, 0.6) is 0 Å². The van der Waals surface area contributed by atoms with Gasteiger partial charge in [-0.2, -0.15) is 0 Å². The Bertz CT molecular complexity index is 329. The molecule has 96 valence electrons. The van der Waals surface area contributed by atoms with Crippen LogP contribution in [0.3, 0.4) is 0 Å². The third kappa shape index (κ3) is 3.18. The molecule has 0 aromatic rings. The van der Waals surface area contributed by atoms with E-state index in [0.717, 1.165) is 6.42 Å². The van der Waals surface area contributed by atoms with E-state index in [1.807, 2.05) is 0 Å². The highest BCUT2D eigenvalue weighted by Gasteiger charge is 2.34. The number of likely N-dealkylation sites (N-methyl/N-ethyl adjacent to an activating group) is 1. The normalized spacial score (nSPS) is 20.9. The number of nitrogens with one attached hydrogen (secondary N) is 1. The summed E-state index contributed by atoms with van der Waals surface area (Å²) in [7, 11) is 1.48. The van der Waals surface area contributed by atoms with Crippen LogP contribution in [-0.2, 0) is 19.1 Å². The molecule has 0 aromatic carbocycles. The molecule has 1 aliphatic rings. The Labute approximate surface area is 100 Å². The summed E-state index contributed by atoms with van der Waals surface area (Å²) in [5.74, 6) is -1.00. The first-order chi connectivity index (χ1) is 7.97. The van der Waals surface area contributed by atoms with Crippen LogP contribution >= 0.6 is 0 Å². The lowest BCUT2D eigenvalue weighted by molar-refractivity contribution is -0.160. The van der Waals surface area contributed by atoms with Crippen LogP contribution in [0, 0.1) is 0 Å². The zero-order valence-corrected chi connectivity index (χ0v) is 10.4. The van der Waals surface area contributed by atoms with Gasteiger partial charge in [0, 0.05) is 20.5 Å². The van der Waals surface area contributed by atoms with Crippen molar-refractivity contribution in [1.29, 1.82) is 0 Å². The molecule has 1 rings (SSSR count). The molecule has 0 bridgehead atoms. The Balaban J connectivity index is 2.58. The van der Waals surface area contributed by atoms with Crippen LogP contribution in [0.4, 0.5) is 0 Å². The molecule has 1 aliphatic heterocycles. The van der Waals surface area contributed by atoms with Crippen molar-refractivity contribution in [1.82, 2.24) is 10.2 Å². The fraction of sp³-hybridized carbons (Fsp3) is 0.727. The molecular formula is C11H18N2O4. The highest BCUT2D eigenvalue weighted by Crippen LogP contribution is 2.19. The van der Waals surface area contributed by atoms with Gasteiger partial charge in [0.25, 0.3) is 5.91 Å². The lowest BCUT2D eigenvalue weighted by Crippen LogP contribution is -2.43. The highest BCUT2D eigenvalue weighted by molar-refractivity contribution is 5.87. The predicted molar refractivity (Wildman–Crippen MR) is 60.0 cm³/mol. The van der Waals surface area contributed by atoms with Gasteiger partial charge in [-0.25, -0.2) is 4.79 Å². The Morgan fingerprint density at radius 3 is 2.59 bits per heavy atom. The van der Waals surface area contributed by atoms with E-state index in [1.54, 1.807) is 0 Å². The molecule has 17 heavy (non-hydrogen) atoms. The van der Waals surface area contributed by atoms with E-state index in [0.29, 0.717) is 13.0 Å². The second-order valence-electron chi connectivity index (χ2n) is 4.06. The number of esters is 1. The molecule has 1 heterocycles. The maximum Gasteiger partial charge on any atom is 0.329 e. The van der Waals surface area contributed by atoms with Crippen molar-refractivity contribution >= 4 is 17.8 Å². The summed E-state index contributed by atoms with van der Waals surface area (Å²) < 4.78 is 5.02. The second kappa shape index (κ2) is 5.65. The van der Waals surface area contributed by atoms with Crippen LogP contribution in [0.15, 0.2) is 0 Å². The molecule has 2 amide bonds. The minimum absolute atomic E-state index is 0.142. The first kappa shape index (κ1) is 13.5. The predicted octanol–water partition coefficient (Wildman–Crippen LogP) is -0.325. The highest BCUT2D eigenvalue weighted by atomic mass is 16.5. The summed E-state index contributed by atoms with van der Waals surface area (Å²) >= 11 is 0. The van der Waals surface area contributed by atoms with E-state index >= 15 is 0 Å². The van der Waals surface area contributed by atoms with Crippen LogP contribution in [0.25, 0.3) is 0 Å². The van der Waals surface area contributed by atoms with Gasteiger partial charge < -0.3 is 15.0 Å². The van der Waals surface area contributed by atoms with Gasteiger partial charge in [0.1, 0.15) is 6.04 Å². The number of amides is 2. The van der Waals surface area contributed by atoms with Gasteiger partial charge >= 0.3 is 5.97 Å². The van der Waals surface area contributed by atoms with Gasteiger partial charge in [-0.15, -0.1) is 0 Å². The van der Waals surface area contributed by atoms with Crippen molar-refractivity contribution < 1.29 is 19.1 Å². The minimum atomic E-state index is -0.832. The van der Waals surface area contributed by atoms with Crippen molar-refractivity contribution in [2.75, 3.05) is 13.6 Å². The lowest BCUT2D eigenvalue weighted by Gasteiger charge is -2.23. The van der Waals surface area contributed by atoms with Gasteiger partial charge in [-0.3, -0.25) is 9.59 Å². The SMILES string of the molecule is CNC(=O)[C@H](C)OC(=O)[C@@H]1CCCN1C(C)=O. The molecule has 0 aromatic heterocycles. The Morgan fingerprint density at radius 2 is 2.06 bits per heavy atom. The second-order valence-corrected chi connectivity index (χ2v) is 4.06. The summed E-state index contributed by atoms with van der Waals surface area (Å²) in [4.78, 5) is 35.8. The van der Waals surface area contributed by atoms with Crippen molar-refractivity contribution in [3.8, 4) is 0 Å². The molecule has 0 aliphatic carbocycles. The smallest absolute Gasteiger partial charge is 0.329 e. The monoisotopic (exact) mass is 242 g/mol. The van der Waals surface area contributed by atoms with E-state index in [-0.39, 0.29) is 11.8 Å². The van der Waals surface area contributed by atoms with E-state index in [1.165, 1.54) is 25.8 Å². The van der Waals surface area contributed by atoms with Crippen molar-refractivity contribution in [2.24, 2.45) is 0 Å². The van der Waals surface area contributed by atoms with Crippen molar-refractivity contribution in [2.45, 2.75) is 38.8 Å². The Kier molecular flexibility index (Phi) is 4.48. The molecule has 6 nitrogen and oxygen atoms in total. The average Bonchev–Trinajstić information content (AvgIpc) is 2.76. The summed E-state index contributed by atoms with van der Waals surface area (Å²) in [6.45, 7) is 3.50. The van der Waals surface area contributed by atoms with Gasteiger partial charge in [0.2, 0.25) is 5.91 Å². The summed E-state index contributed by atoms with van der Waals surface area (Å²) in [5.41, 5.74) is 0. The molecule has 0 saturated carbocycles. The first-order valence-electron chi connectivity index (χ1n) is 5.66. The third-order valence-corrected chi connectivity index (χ3v) is 2.84. The van der Waals surface area contributed by atoms with Gasteiger partial charge in [0.05, 0.1) is 0 Å². The maximum absolute atomic E-state index is 11.8. The number of likely N-dealkylation sites (tertiary alicyclic amines) is 1. The fourth-order valence-electron chi connectivity index (χ4n) is 1.90. The number of carbonyl (C=O) groups excluding carboxylic acids is 3. The fourth-order valence-corrected chi connectivity index (χ4v) is 1.90. The number of hydrogen-bond donors (Lipinski definition) is 1. The molecular weight excluding hydrogens is 224 g/mol. The number of carbonyl (C=O) groups is 3. The molecule has 1 saturated heterocycles. The molecule has 1 fully saturated rings. The first-order valence-corrected chi connectivity index (χ1v) is 5.66. The molecule has 2 atom stereocenters. The lowest BCUT2D eigenvalue weighted by atomic mass is 10.2. The summed E-state index contributed by atoms with van der Waals surface area (Å²) in [6.07, 6.45) is 0.550. The van der Waals surface area contributed by atoms with Crippen LogP contribution in [0.2, 0.25) is 0 Å². The number of hydrogen-bond acceptors (Lipinski definition) is 4. The van der Waals surface area contributed by atoms with Crippen LogP contribution in [-0.4, -0.2) is 48.4 Å². The van der Waals surface area contributed by atoms with Crippen LogP contribution in [0.1, 0.15) is 26.7 Å². The van der Waals surface area contributed by atoms with Crippen LogP contribution < -0.4 is 5.32 Å². The molecule has 0 radical (unpaired) electrons.